The highest BCUT2D eigenvalue weighted by Gasteiger charge is 2.26. The minimum absolute atomic E-state index is 0.0962. The van der Waals surface area contributed by atoms with Gasteiger partial charge in [-0.25, -0.2) is 0 Å². The van der Waals surface area contributed by atoms with Crippen molar-refractivity contribution in [1.82, 2.24) is 20.1 Å². The summed E-state index contributed by atoms with van der Waals surface area (Å²) >= 11 is 1.30. The van der Waals surface area contributed by atoms with Crippen molar-refractivity contribution in [1.29, 1.82) is 0 Å². The molecule has 0 saturated heterocycles. The maximum Gasteiger partial charge on any atom is 0.251 e. The molecule has 0 aliphatic carbocycles. The predicted molar refractivity (Wildman–Crippen MR) is 130 cm³/mol. The van der Waals surface area contributed by atoms with Gasteiger partial charge >= 0.3 is 0 Å². The smallest absolute Gasteiger partial charge is 0.251 e. The van der Waals surface area contributed by atoms with Crippen LogP contribution >= 0.6 is 11.8 Å². The number of aromatic nitrogens is 3. The van der Waals surface area contributed by atoms with E-state index in [1.165, 1.54) is 11.8 Å². The lowest BCUT2D eigenvalue weighted by atomic mass is 10.0. The Morgan fingerprint density at radius 2 is 1.76 bits per heavy atom. The maximum atomic E-state index is 12.7. The number of ether oxygens (including phenoxy) is 1. The molecule has 3 rings (SSSR count). The van der Waals surface area contributed by atoms with E-state index in [0.717, 1.165) is 0 Å². The van der Waals surface area contributed by atoms with Crippen molar-refractivity contribution in [3.05, 3.63) is 66.0 Å². The summed E-state index contributed by atoms with van der Waals surface area (Å²) in [6.07, 6.45) is 0. The topological polar surface area (TPSA) is 98.1 Å². The first kappa shape index (κ1) is 24.3. The number of amides is 2. The molecule has 0 aliphatic rings. The van der Waals surface area contributed by atoms with Gasteiger partial charge in [-0.05, 0) is 37.1 Å². The maximum absolute atomic E-state index is 12.7. The third-order valence-electron chi connectivity index (χ3n) is 5.04. The second-order valence-electron chi connectivity index (χ2n) is 7.68. The molecule has 0 bridgehead atoms. The number of para-hydroxylation sites is 2. The Balaban J connectivity index is 1.71. The van der Waals surface area contributed by atoms with E-state index < -0.39 is 0 Å². The average molecular weight is 468 g/mol. The normalized spacial score (nSPS) is 11.8. The second kappa shape index (κ2) is 11.5. The quantitative estimate of drug-likeness (QED) is 0.435. The van der Waals surface area contributed by atoms with Gasteiger partial charge in [0.2, 0.25) is 5.91 Å². The van der Waals surface area contributed by atoms with Gasteiger partial charge in [0.05, 0.1) is 24.6 Å². The number of hydrogen-bond acceptors (Lipinski definition) is 6. The van der Waals surface area contributed by atoms with E-state index in [-0.39, 0.29) is 29.5 Å². The fourth-order valence-corrected chi connectivity index (χ4v) is 4.15. The fraction of sp³-hybridized carbons (Fsp3) is 0.333. The molecule has 0 unspecified atom stereocenters. The zero-order chi connectivity index (χ0) is 23.8. The molecule has 0 fully saturated rings. The van der Waals surface area contributed by atoms with Crippen LogP contribution in [-0.4, -0.2) is 39.4 Å². The van der Waals surface area contributed by atoms with Crippen LogP contribution in [0.5, 0.6) is 5.75 Å². The lowest BCUT2D eigenvalue weighted by molar-refractivity contribution is -0.113. The van der Waals surface area contributed by atoms with Gasteiger partial charge in [0, 0.05) is 12.1 Å². The monoisotopic (exact) mass is 467 g/mol. The number of thioether (sulfide) groups is 1. The number of methoxy groups -OCH3 is 1. The minimum atomic E-state index is -0.318. The molecule has 0 radical (unpaired) electrons. The van der Waals surface area contributed by atoms with Gasteiger partial charge in [-0.1, -0.05) is 55.9 Å². The largest absolute Gasteiger partial charge is 0.495 e. The summed E-state index contributed by atoms with van der Waals surface area (Å²) in [4.78, 5) is 25.2. The predicted octanol–water partition coefficient (Wildman–Crippen LogP) is 4.16. The summed E-state index contributed by atoms with van der Waals surface area (Å²) < 4.78 is 7.22. The van der Waals surface area contributed by atoms with Crippen LogP contribution in [0.2, 0.25) is 0 Å². The zero-order valence-corrected chi connectivity index (χ0v) is 20.1. The van der Waals surface area contributed by atoms with Crippen molar-refractivity contribution >= 4 is 29.3 Å². The van der Waals surface area contributed by atoms with Crippen LogP contribution in [0.3, 0.4) is 0 Å². The Hall–Kier alpha value is -3.33. The van der Waals surface area contributed by atoms with Crippen LogP contribution in [-0.2, 0) is 11.3 Å². The Morgan fingerprint density at radius 1 is 1.06 bits per heavy atom. The van der Waals surface area contributed by atoms with Crippen molar-refractivity contribution in [3.63, 3.8) is 0 Å². The van der Waals surface area contributed by atoms with E-state index in [1.54, 1.807) is 31.4 Å². The van der Waals surface area contributed by atoms with Crippen LogP contribution in [0.15, 0.2) is 59.8 Å². The Labute approximate surface area is 198 Å². The lowest BCUT2D eigenvalue weighted by Crippen LogP contribution is -2.33. The Kier molecular flexibility index (Phi) is 8.48. The summed E-state index contributed by atoms with van der Waals surface area (Å²) in [5.74, 6) is 1.20. The molecule has 0 saturated carbocycles. The molecule has 1 heterocycles. The van der Waals surface area contributed by atoms with Crippen molar-refractivity contribution in [2.45, 2.75) is 38.5 Å². The molecule has 2 N–H and O–H groups in total. The molecule has 174 valence electrons. The van der Waals surface area contributed by atoms with Crippen LogP contribution < -0.4 is 15.4 Å². The van der Waals surface area contributed by atoms with Crippen molar-refractivity contribution in [3.8, 4) is 5.75 Å². The molecule has 1 atom stereocenters. The van der Waals surface area contributed by atoms with Crippen LogP contribution in [0.25, 0.3) is 0 Å². The molecule has 2 aromatic carbocycles. The third-order valence-corrected chi connectivity index (χ3v) is 6.01. The molecular weight excluding hydrogens is 438 g/mol. The molecule has 0 spiro atoms. The number of benzene rings is 2. The number of carbonyl (C=O) groups excluding carboxylic acids is 2. The number of nitrogens with zero attached hydrogens (tertiary/aromatic N) is 3. The van der Waals surface area contributed by atoms with Gasteiger partial charge in [0.15, 0.2) is 11.0 Å². The fourth-order valence-electron chi connectivity index (χ4n) is 3.34. The van der Waals surface area contributed by atoms with E-state index in [1.807, 2.05) is 55.7 Å². The van der Waals surface area contributed by atoms with Gasteiger partial charge in [0.1, 0.15) is 5.75 Å². The number of carbonyl (C=O) groups is 2. The molecular formula is C24H29N5O3S. The highest BCUT2D eigenvalue weighted by molar-refractivity contribution is 7.99. The average Bonchev–Trinajstić information content (AvgIpc) is 3.24. The van der Waals surface area contributed by atoms with Crippen LogP contribution in [0.1, 0.15) is 43.0 Å². The van der Waals surface area contributed by atoms with Crippen LogP contribution in [0.4, 0.5) is 5.69 Å². The number of rotatable bonds is 10. The van der Waals surface area contributed by atoms with Crippen molar-refractivity contribution < 1.29 is 14.3 Å². The molecule has 2 amide bonds. The summed E-state index contributed by atoms with van der Waals surface area (Å²) in [7, 11) is 1.56. The molecule has 3 aromatic rings. The van der Waals surface area contributed by atoms with Crippen LogP contribution in [0, 0.1) is 5.92 Å². The van der Waals surface area contributed by atoms with E-state index in [0.29, 0.717) is 34.5 Å². The third kappa shape index (κ3) is 6.13. The van der Waals surface area contributed by atoms with Gasteiger partial charge in [-0.2, -0.15) is 0 Å². The molecule has 1 aromatic heterocycles. The molecule has 0 aliphatic heterocycles. The van der Waals surface area contributed by atoms with Gasteiger partial charge in [-0.3, -0.25) is 9.59 Å². The summed E-state index contributed by atoms with van der Waals surface area (Å²) in [5.41, 5.74) is 1.21. The lowest BCUT2D eigenvalue weighted by Gasteiger charge is -2.22. The number of anilines is 1. The van der Waals surface area contributed by atoms with Crippen molar-refractivity contribution in [2.75, 3.05) is 18.2 Å². The van der Waals surface area contributed by atoms with Crippen molar-refractivity contribution in [2.24, 2.45) is 5.92 Å². The zero-order valence-electron chi connectivity index (χ0n) is 19.2. The highest BCUT2D eigenvalue weighted by atomic mass is 32.2. The standard InChI is InChI=1S/C24H29N5O3S/c1-5-29-22(21(16(2)3)26-23(31)17-11-7-6-8-12-17)27-28-24(29)33-15-20(30)25-18-13-9-10-14-19(18)32-4/h6-14,16,21H,5,15H2,1-4H3,(H,25,30)(H,26,31)/t21-/m1/s1. The minimum Gasteiger partial charge on any atom is -0.495 e. The second-order valence-corrected chi connectivity index (χ2v) is 8.63. The summed E-state index contributed by atoms with van der Waals surface area (Å²) in [5, 5.41) is 15.2. The summed E-state index contributed by atoms with van der Waals surface area (Å²) in [6.45, 7) is 6.65. The van der Waals surface area contributed by atoms with Gasteiger partial charge in [-0.15, -0.1) is 10.2 Å². The highest BCUT2D eigenvalue weighted by Crippen LogP contribution is 2.27. The first-order valence-corrected chi connectivity index (χ1v) is 11.8. The first-order chi connectivity index (χ1) is 15.9. The Morgan fingerprint density at radius 3 is 2.42 bits per heavy atom. The molecule has 9 heteroatoms. The number of nitrogens with one attached hydrogen (secondary N) is 2. The molecule has 8 nitrogen and oxygen atoms in total. The Bertz CT molecular complexity index is 1080. The van der Waals surface area contributed by atoms with E-state index in [4.69, 9.17) is 4.74 Å². The summed E-state index contributed by atoms with van der Waals surface area (Å²) in [6, 6.07) is 16.0. The first-order valence-electron chi connectivity index (χ1n) is 10.8. The van der Waals surface area contributed by atoms with E-state index in [2.05, 4.69) is 20.8 Å². The SMILES string of the molecule is CCn1c(SCC(=O)Nc2ccccc2OC)nnc1[C@H](NC(=O)c1ccccc1)C(C)C. The number of hydrogen-bond donors (Lipinski definition) is 2. The van der Waals surface area contributed by atoms with Gasteiger partial charge < -0.3 is 19.9 Å². The van der Waals surface area contributed by atoms with E-state index in [9.17, 15) is 9.59 Å². The van der Waals surface area contributed by atoms with E-state index >= 15 is 0 Å². The molecule has 33 heavy (non-hydrogen) atoms. The van der Waals surface area contributed by atoms with Gasteiger partial charge in [0.25, 0.3) is 5.91 Å².